The van der Waals surface area contributed by atoms with Crippen LogP contribution in [0.2, 0.25) is 0 Å². The number of alkyl halides is 1. The van der Waals surface area contributed by atoms with Gasteiger partial charge in [0.05, 0.1) is 0 Å². The number of halogens is 1. The van der Waals surface area contributed by atoms with E-state index in [9.17, 15) is 4.79 Å². The van der Waals surface area contributed by atoms with E-state index >= 15 is 0 Å². The van der Waals surface area contributed by atoms with Crippen LogP contribution in [0.5, 0.6) is 0 Å². The van der Waals surface area contributed by atoms with Crippen LogP contribution < -0.4 is 0 Å². The van der Waals surface area contributed by atoms with Gasteiger partial charge in [-0.3, -0.25) is 4.79 Å². The summed E-state index contributed by atoms with van der Waals surface area (Å²) in [5, 5.41) is 0. The van der Waals surface area contributed by atoms with Crippen molar-refractivity contribution in [1.29, 1.82) is 0 Å². The monoisotopic (exact) mass is 231 g/mol. The van der Waals surface area contributed by atoms with E-state index in [0.717, 1.165) is 19.4 Å². The van der Waals surface area contributed by atoms with E-state index in [4.69, 9.17) is 11.6 Å². The molecule has 1 saturated carbocycles. The van der Waals surface area contributed by atoms with Gasteiger partial charge in [-0.15, -0.1) is 11.6 Å². The summed E-state index contributed by atoms with van der Waals surface area (Å²) in [6.45, 7) is 4.90. The van der Waals surface area contributed by atoms with Gasteiger partial charge in [-0.1, -0.05) is 13.8 Å². The van der Waals surface area contributed by atoms with Gasteiger partial charge < -0.3 is 4.90 Å². The largest absolute Gasteiger partial charge is 0.338 e. The molecule has 1 amide bonds. The summed E-state index contributed by atoms with van der Waals surface area (Å²) in [5.41, 5.74) is 0. The highest BCUT2D eigenvalue weighted by atomic mass is 35.5. The van der Waals surface area contributed by atoms with Gasteiger partial charge in [0.15, 0.2) is 0 Å². The Labute approximate surface area is 98.0 Å². The van der Waals surface area contributed by atoms with Crippen molar-refractivity contribution in [2.24, 2.45) is 5.92 Å². The van der Waals surface area contributed by atoms with Gasteiger partial charge in [0.2, 0.25) is 5.91 Å². The quantitative estimate of drug-likeness (QED) is 0.644. The molecule has 0 saturated heterocycles. The maximum absolute atomic E-state index is 12.2. The Morgan fingerprint density at radius 3 is 2.33 bits per heavy atom. The van der Waals surface area contributed by atoms with E-state index in [-0.39, 0.29) is 5.92 Å². The Bertz CT molecular complexity index is 200. The van der Waals surface area contributed by atoms with Gasteiger partial charge >= 0.3 is 0 Å². The van der Waals surface area contributed by atoms with Crippen molar-refractivity contribution in [3.8, 4) is 0 Å². The highest BCUT2D eigenvalue weighted by Crippen LogP contribution is 2.27. The first kappa shape index (κ1) is 12.8. The van der Waals surface area contributed by atoms with Gasteiger partial charge in [-0.25, -0.2) is 0 Å². The van der Waals surface area contributed by atoms with Crippen LogP contribution in [0.1, 0.15) is 46.0 Å². The summed E-state index contributed by atoms with van der Waals surface area (Å²) in [5.74, 6) is 1.08. The highest BCUT2D eigenvalue weighted by Gasteiger charge is 2.30. The van der Waals surface area contributed by atoms with Crippen LogP contribution in [0.25, 0.3) is 0 Å². The van der Waals surface area contributed by atoms with Crippen molar-refractivity contribution in [1.82, 2.24) is 4.90 Å². The van der Waals surface area contributed by atoms with Gasteiger partial charge in [-0.2, -0.15) is 0 Å². The zero-order valence-electron chi connectivity index (χ0n) is 9.84. The Morgan fingerprint density at radius 2 is 2.00 bits per heavy atom. The first-order valence-corrected chi connectivity index (χ1v) is 6.64. The molecule has 0 N–H and O–H groups in total. The SMILES string of the molecule is CCC(CC)C(=O)N(CCCl)C1CCC1. The Morgan fingerprint density at radius 1 is 1.40 bits per heavy atom. The van der Waals surface area contributed by atoms with Crippen LogP contribution in [0.15, 0.2) is 0 Å². The summed E-state index contributed by atoms with van der Waals surface area (Å²) in [6, 6.07) is 0.483. The smallest absolute Gasteiger partial charge is 0.225 e. The summed E-state index contributed by atoms with van der Waals surface area (Å²) in [7, 11) is 0. The average molecular weight is 232 g/mol. The minimum absolute atomic E-state index is 0.203. The van der Waals surface area contributed by atoms with Crippen molar-refractivity contribution in [2.45, 2.75) is 52.0 Å². The minimum Gasteiger partial charge on any atom is -0.338 e. The fourth-order valence-electron chi connectivity index (χ4n) is 2.13. The second kappa shape index (κ2) is 6.37. The third kappa shape index (κ3) is 3.10. The molecule has 0 aromatic carbocycles. The second-order valence-corrected chi connectivity index (χ2v) is 4.70. The van der Waals surface area contributed by atoms with Crippen LogP contribution in [-0.2, 0) is 4.79 Å². The molecule has 0 heterocycles. The summed E-state index contributed by atoms with van der Waals surface area (Å²) in [4.78, 5) is 14.2. The van der Waals surface area contributed by atoms with Crippen LogP contribution in [0.3, 0.4) is 0 Å². The molecule has 0 aromatic rings. The minimum atomic E-state index is 0.203. The van der Waals surface area contributed by atoms with E-state index in [1.165, 1.54) is 19.3 Å². The molecule has 0 spiro atoms. The van der Waals surface area contributed by atoms with Gasteiger partial charge in [0, 0.05) is 24.4 Å². The van der Waals surface area contributed by atoms with Crippen LogP contribution in [0, 0.1) is 5.92 Å². The van der Waals surface area contributed by atoms with Gasteiger partial charge in [0.25, 0.3) is 0 Å². The van der Waals surface area contributed by atoms with Crippen molar-refractivity contribution < 1.29 is 4.79 Å². The van der Waals surface area contributed by atoms with Crippen molar-refractivity contribution in [3.63, 3.8) is 0 Å². The Kier molecular flexibility index (Phi) is 5.44. The molecular weight excluding hydrogens is 210 g/mol. The summed E-state index contributed by atoms with van der Waals surface area (Å²) < 4.78 is 0. The number of carbonyl (C=O) groups is 1. The van der Waals surface area contributed by atoms with E-state index in [1.54, 1.807) is 0 Å². The van der Waals surface area contributed by atoms with Crippen LogP contribution in [0.4, 0.5) is 0 Å². The second-order valence-electron chi connectivity index (χ2n) is 4.32. The average Bonchev–Trinajstić information content (AvgIpc) is 2.16. The van der Waals surface area contributed by atoms with Gasteiger partial charge in [-0.05, 0) is 32.1 Å². The molecular formula is C12H22ClNO. The molecule has 1 aliphatic rings. The molecule has 1 aliphatic carbocycles. The molecule has 0 bridgehead atoms. The van der Waals surface area contributed by atoms with E-state index < -0.39 is 0 Å². The molecule has 1 rings (SSSR count). The molecule has 15 heavy (non-hydrogen) atoms. The number of amides is 1. The Balaban J connectivity index is 2.56. The number of hydrogen-bond acceptors (Lipinski definition) is 1. The Hall–Kier alpha value is -0.240. The number of rotatable bonds is 6. The summed E-state index contributed by atoms with van der Waals surface area (Å²) >= 11 is 5.76. The van der Waals surface area contributed by atoms with E-state index in [0.29, 0.717) is 17.8 Å². The first-order valence-electron chi connectivity index (χ1n) is 6.11. The molecule has 0 aliphatic heterocycles. The van der Waals surface area contributed by atoms with Crippen molar-refractivity contribution in [2.75, 3.05) is 12.4 Å². The lowest BCUT2D eigenvalue weighted by Crippen LogP contribution is -2.47. The maximum Gasteiger partial charge on any atom is 0.225 e. The van der Waals surface area contributed by atoms with Crippen LogP contribution in [-0.4, -0.2) is 29.3 Å². The van der Waals surface area contributed by atoms with Crippen molar-refractivity contribution >= 4 is 17.5 Å². The topological polar surface area (TPSA) is 20.3 Å². The first-order chi connectivity index (χ1) is 7.24. The molecule has 0 unspecified atom stereocenters. The fraction of sp³-hybridized carbons (Fsp3) is 0.917. The lowest BCUT2D eigenvalue weighted by molar-refractivity contribution is -0.139. The normalized spacial score (nSPS) is 16.5. The molecule has 0 radical (unpaired) electrons. The van der Waals surface area contributed by atoms with E-state index in [2.05, 4.69) is 13.8 Å². The predicted octanol–water partition coefficient (Wildman–Crippen LogP) is 3.04. The highest BCUT2D eigenvalue weighted by molar-refractivity contribution is 6.18. The van der Waals surface area contributed by atoms with E-state index in [1.807, 2.05) is 4.90 Å². The molecule has 1 fully saturated rings. The maximum atomic E-state index is 12.2. The third-order valence-electron chi connectivity index (χ3n) is 3.46. The third-order valence-corrected chi connectivity index (χ3v) is 3.63. The predicted molar refractivity (Wildman–Crippen MR) is 64.1 cm³/mol. The zero-order valence-corrected chi connectivity index (χ0v) is 10.6. The van der Waals surface area contributed by atoms with Crippen molar-refractivity contribution in [3.05, 3.63) is 0 Å². The number of carbonyl (C=O) groups excluding carboxylic acids is 1. The lowest BCUT2D eigenvalue weighted by atomic mass is 9.89. The zero-order chi connectivity index (χ0) is 11.3. The molecule has 3 heteroatoms. The number of nitrogens with zero attached hydrogens (tertiary/aromatic N) is 1. The standard InChI is InChI=1S/C12H22ClNO/c1-3-10(4-2)12(15)14(9-8-13)11-6-5-7-11/h10-11H,3-9H2,1-2H3. The molecule has 88 valence electrons. The number of hydrogen-bond donors (Lipinski definition) is 0. The lowest BCUT2D eigenvalue weighted by Gasteiger charge is -2.39. The summed E-state index contributed by atoms with van der Waals surface area (Å²) in [6.07, 6.45) is 5.49. The molecule has 0 atom stereocenters. The molecule has 0 aromatic heterocycles. The fourth-order valence-corrected chi connectivity index (χ4v) is 2.32. The van der Waals surface area contributed by atoms with Crippen LogP contribution >= 0.6 is 11.6 Å². The van der Waals surface area contributed by atoms with Gasteiger partial charge in [0.1, 0.15) is 0 Å². The molecule has 2 nitrogen and oxygen atoms in total.